The van der Waals surface area contributed by atoms with E-state index in [1.54, 1.807) is 14.1 Å². The number of rotatable bonds is 7. The Morgan fingerprint density at radius 2 is 1.93 bits per heavy atom. The normalized spacial score (nSPS) is 11.0. The van der Waals surface area contributed by atoms with Gasteiger partial charge in [0, 0.05) is 40.3 Å². The fourth-order valence-corrected chi connectivity index (χ4v) is 2.55. The average molecular weight is 368 g/mol. The molecule has 144 valence electrons. The molecule has 2 rings (SSSR count). The maximum Gasteiger partial charge on any atom is 0.251 e. The number of hydrogen-bond donors (Lipinski definition) is 3. The first-order chi connectivity index (χ1) is 13.0. The highest BCUT2D eigenvalue weighted by Crippen LogP contribution is 2.08. The lowest BCUT2D eigenvalue weighted by Crippen LogP contribution is -2.38. The Bertz CT molecular complexity index is 788. The summed E-state index contributed by atoms with van der Waals surface area (Å²) in [6, 6.07) is 13.6. The van der Waals surface area contributed by atoms with Crippen molar-refractivity contribution in [1.29, 1.82) is 0 Å². The van der Waals surface area contributed by atoms with Crippen LogP contribution in [0, 0.1) is 0 Å². The van der Waals surface area contributed by atoms with Crippen LogP contribution in [0.4, 0.5) is 5.82 Å². The maximum atomic E-state index is 11.7. The smallest absolute Gasteiger partial charge is 0.251 e. The SMILES string of the molecule is CN=C(NCCc1cccc(C(=O)NC)c1)NCc1cccc(N(C)C)n1. The van der Waals surface area contributed by atoms with Crippen LogP contribution < -0.4 is 20.9 Å². The summed E-state index contributed by atoms with van der Waals surface area (Å²) in [6.07, 6.45) is 0.792. The molecule has 27 heavy (non-hydrogen) atoms. The van der Waals surface area contributed by atoms with E-state index in [-0.39, 0.29) is 5.91 Å². The van der Waals surface area contributed by atoms with Crippen molar-refractivity contribution in [3.05, 3.63) is 59.3 Å². The molecule has 0 aliphatic heterocycles. The number of hydrogen-bond acceptors (Lipinski definition) is 4. The molecule has 3 N–H and O–H groups in total. The Morgan fingerprint density at radius 1 is 1.15 bits per heavy atom. The molecule has 1 aromatic carbocycles. The van der Waals surface area contributed by atoms with Gasteiger partial charge in [-0.3, -0.25) is 9.79 Å². The van der Waals surface area contributed by atoms with E-state index in [4.69, 9.17) is 0 Å². The highest BCUT2D eigenvalue weighted by molar-refractivity contribution is 5.94. The van der Waals surface area contributed by atoms with E-state index >= 15 is 0 Å². The second-order valence-electron chi connectivity index (χ2n) is 6.26. The summed E-state index contributed by atoms with van der Waals surface area (Å²) in [5.74, 6) is 1.57. The Morgan fingerprint density at radius 3 is 2.63 bits per heavy atom. The molecular formula is C20H28N6O. The van der Waals surface area contributed by atoms with E-state index in [9.17, 15) is 4.79 Å². The number of aliphatic imine (C=N–C) groups is 1. The fraction of sp³-hybridized carbons (Fsp3) is 0.350. The second kappa shape index (κ2) is 10.2. The van der Waals surface area contributed by atoms with Gasteiger partial charge in [-0.2, -0.15) is 0 Å². The lowest BCUT2D eigenvalue weighted by Gasteiger charge is -2.14. The third-order valence-corrected chi connectivity index (χ3v) is 4.03. The van der Waals surface area contributed by atoms with Gasteiger partial charge in [-0.1, -0.05) is 18.2 Å². The fourth-order valence-electron chi connectivity index (χ4n) is 2.55. The van der Waals surface area contributed by atoms with E-state index in [2.05, 4.69) is 25.9 Å². The Hall–Kier alpha value is -3.09. The molecule has 7 heteroatoms. The molecule has 1 heterocycles. The standard InChI is InChI=1S/C20H28N6O/c1-21-19(27)16-8-5-7-15(13-16)11-12-23-20(22-2)24-14-17-9-6-10-18(25-17)26(3)4/h5-10,13H,11-12,14H2,1-4H3,(H,21,27)(H2,22,23,24). The third kappa shape index (κ3) is 6.29. The number of benzene rings is 1. The predicted octanol–water partition coefficient (Wildman–Crippen LogP) is 1.41. The number of amides is 1. The van der Waals surface area contributed by atoms with Crippen LogP contribution in [0.2, 0.25) is 0 Å². The summed E-state index contributed by atoms with van der Waals surface area (Å²) >= 11 is 0. The molecule has 7 nitrogen and oxygen atoms in total. The van der Waals surface area contributed by atoms with E-state index in [0.717, 1.165) is 29.5 Å². The van der Waals surface area contributed by atoms with Gasteiger partial charge in [0.05, 0.1) is 12.2 Å². The molecule has 0 atom stereocenters. The molecule has 0 saturated carbocycles. The molecule has 0 unspecified atom stereocenters. The van der Waals surface area contributed by atoms with E-state index in [1.165, 1.54) is 0 Å². The van der Waals surface area contributed by atoms with Crippen LogP contribution in [0.1, 0.15) is 21.6 Å². The first-order valence-corrected chi connectivity index (χ1v) is 8.92. The van der Waals surface area contributed by atoms with Crippen molar-refractivity contribution in [2.24, 2.45) is 4.99 Å². The average Bonchev–Trinajstić information content (AvgIpc) is 2.70. The number of aromatic nitrogens is 1. The van der Waals surface area contributed by atoms with Crippen molar-refractivity contribution in [3.8, 4) is 0 Å². The molecule has 0 aliphatic rings. The predicted molar refractivity (Wildman–Crippen MR) is 110 cm³/mol. The van der Waals surface area contributed by atoms with Crippen LogP contribution in [0.25, 0.3) is 0 Å². The van der Waals surface area contributed by atoms with Gasteiger partial charge in [-0.05, 0) is 36.2 Å². The van der Waals surface area contributed by atoms with Gasteiger partial charge in [0.1, 0.15) is 5.82 Å². The van der Waals surface area contributed by atoms with Crippen LogP contribution in [0.5, 0.6) is 0 Å². The molecule has 0 spiro atoms. The molecule has 1 amide bonds. The van der Waals surface area contributed by atoms with Crippen molar-refractivity contribution in [1.82, 2.24) is 20.9 Å². The van der Waals surface area contributed by atoms with Crippen molar-refractivity contribution in [2.75, 3.05) is 39.6 Å². The van der Waals surface area contributed by atoms with Crippen LogP contribution in [0.15, 0.2) is 47.5 Å². The van der Waals surface area contributed by atoms with Gasteiger partial charge in [-0.25, -0.2) is 4.98 Å². The number of pyridine rings is 1. The zero-order chi connectivity index (χ0) is 19.6. The first kappa shape index (κ1) is 20.2. The Balaban J connectivity index is 1.84. The third-order valence-electron chi connectivity index (χ3n) is 4.03. The molecule has 0 bridgehead atoms. The Kier molecular flexibility index (Phi) is 7.61. The van der Waals surface area contributed by atoms with Gasteiger partial charge < -0.3 is 20.9 Å². The van der Waals surface area contributed by atoms with Crippen molar-refractivity contribution in [2.45, 2.75) is 13.0 Å². The minimum absolute atomic E-state index is 0.0743. The largest absolute Gasteiger partial charge is 0.363 e. The lowest BCUT2D eigenvalue weighted by atomic mass is 10.1. The summed E-state index contributed by atoms with van der Waals surface area (Å²) in [5, 5.41) is 9.20. The molecule has 1 aromatic heterocycles. The number of carbonyl (C=O) groups excluding carboxylic acids is 1. The number of anilines is 1. The molecule has 0 saturated heterocycles. The quantitative estimate of drug-likeness (QED) is 0.509. The van der Waals surface area contributed by atoms with Crippen LogP contribution in [0.3, 0.4) is 0 Å². The minimum atomic E-state index is -0.0743. The first-order valence-electron chi connectivity index (χ1n) is 8.92. The minimum Gasteiger partial charge on any atom is -0.363 e. The molecule has 0 fully saturated rings. The molecule has 0 radical (unpaired) electrons. The highest BCUT2D eigenvalue weighted by Gasteiger charge is 2.05. The van der Waals surface area contributed by atoms with Crippen molar-refractivity contribution < 1.29 is 4.79 Å². The summed E-state index contributed by atoms with van der Waals surface area (Å²) < 4.78 is 0. The van der Waals surface area contributed by atoms with Crippen LogP contribution in [-0.2, 0) is 13.0 Å². The van der Waals surface area contributed by atoms with Crippen molar-refractivity contribution in [3.63, 3.8) is 0 Å². The molecular weight excluding hydrogens is 340 g/mol. The van der Waals surface area contributed by atoms with Gasteiger partial charge in [0.2, 0.25) is 0 Å². The van der Waals surface area contributed by atoms with Gasteiger partial charge in [0.15, 0.2) is 5.96 Å². The van der Waals surface area contributed by atoms with Crippen LogP contribution in [-0.4, -0.2) is 51.6 Å². The number of nitrogens with one attached hydrogen (secondary N) is 3. The van der Waals surface area contributed by atoms with Crippen molar-refractivity contribution >= 4 is 17.7 Å². The maximum absolute atomic E-state index is 11.7. The summed E-state index contributed by atoms with van der Waals surface area (Å²) in [6.45, 7) is 1.30. The summed E-state index contributed by atoms with van der Waals surface area (Å²) in [7, 11) is 7.32. The zero-order valence-electron chi connectivity index (χ0n) is 16.4. The van der Waals surface area contributed by atoms with Crippen LogP contribution >= 0.6 is 0 Å². The van der Waals surface area contributed by atoms with Gasteiger partial charge >= 0.3 is 0 Å². The Labute approximate surface area is 160 Å². The zero-order valence-corrected chi connectivity index (χ0v) is 16.4. The number of carbonyl (C=O) groups is 1. The molecule has 0 aliphatic carbocycles. The van der Waals surface area contributed by atoms with Gasteiger partial charge in [-0.15, -0.1) is 0 Å². The summed E-state index contributed by atoms with van der Waals surface area (Å²) in [5.41, 5.74) is 2.71. The molecule has 2 aromatic rings. The summed E-state index contributed by atoms with van der Waals surface area (Å²) in [4.78, 5) is 22.5. The van der Waals surface area contributed by atoms with Gasteiger partial charge in [0.25, 0.3) is 5.91 Å². The number of guanidine groups is 1. The number of nitrogens with zero attached hydrogens (tertiary/aromatic N) is 3. The topological polar surface area (TPSA) is 81.6 Å². The van der Waals surface area contributed by atoms with E-state index in [0.29, 0.717) is 18.7 Å². The van der Waals surface area contributed by atoms with E-state index in [1.807, 2.05) is 61.5 Å². The van der Waals surface area contributed by atoms with E-state index < -0.39 is 0 Å². The second-order valence-corrected chi connectivity index (χ2v) is 6.26. The highest BCUT2D eigenvalue weighted by atomic mass is 16.1. The monoisotopic (exact) mass is 368 g/mol. The lowest BCUT2D eigenvalue weighted by molar-refractivity contribution is 0.0963.